The highest BCUT2D eigenvalue weighted by Crippen LogP contribution is 2.53. The van der Waals surface area contributed by atoms with E-state index in [0.717, 1.165) is 25.7 Å². The Morgan fingerprint density at radius 2 is 1.90 bits per heavy atom. The molecule has 0 aromatic rings. The van der Waals surface area contributed by atoms with E-state index in [1.807, 2.05) is 6.07 Å². The monoisotopic (exact) mass is 423 g/mol. The van der Waals surface area contributed by atoms with Gasteiger partial charge in [-0.2, -0.15) is 5.26 Å². The Kier molecular flexibility index (Phi) is 4.90. The van der Waals surface area contributed by atoms with Crippen LogP contribution in [0.15, 0.2) is 0 Å². The Morgan fingerprint density at radius 3 is 2.40 bits per heavy atom. The molecule has 0 radical (unpaired) electrons. The van der Waals surface area contributed by atoms with Gasteiger partial charge in [0.1, 0.15) is 11.6 Å². The van der Waals surface area contributed by atoms with Crippen molar-refractivity contribution in [1.82, 2.24) is 20.9 Å². The standard InChI is InChI=1S/C20H27F2N5O3/c1-18(21,22)8-13(16(29)26-20(10-23)6-7-20)24-17(30)27-9-14(19(11-27)4-5-19)25-15(28)12-2-3-12/h12-14H,2-9,11H2,1H3,(H,24,30)(H,25,28)(H,26,29). The van der Waals surface area contributed by atoms with Crippen LogP contribution in [0.25, 0.3) is 0 Å². The lowest BCUT2D eigenvalue weighted by Crippen LogP contribution is -2.54. The number of likely N-dealkylation sites (tertiary alicyclic amines) is 1. The van der Waals surface area contributed by atoms with Crippen LogP contribution in [0.2, 0.25) is 0 Å². The molecule has 1 saturated heterocycles. The Hall–Kier alpha value is -2.44. The molecule has 8 nitrogen and oxygen atoms in total. The number of halogens is 2. The molecule has 0 bridgehead atoms. The molecule has 3 N–H and O–H groups in total. The maximum atomic E-state index is 13.7. The van der Waals surface area contributed by atoms with E-state index >= 15 is 0 Å². The summed E-state index contributed by atoms with van der Waals surface area (Å²) in [6.45, 7) is 1.41. The van der Waals surface area contributed by atoms with E-state index in [1.54, 1.807) is 0 Å². The normalized spacial score (nSPS) is 26.5. The number of hydrogen-bond donors (Lipinski definition) is 3. The van der Waals surface area contributed by atoms with Gasteiger partial charge in [-0.1, -0.05) is 0 Å². The second-order valence-electron chi connectivity index (χ2n) is 9.54. The topological polar surface area (TPSA) is 114 Å². The molecule has 1 heterocycles. The van der Waals surface area contributed by atoms with Crippen LogP contribution in [-0.4, -0.2) is 59.4 Å². The Labute approximate surface area is 173 Å². The molecule has 164 valence electrons. The largest absolute Gasteiger partial charge is 0.351 e. The first kappa shape index (κ1) is 20.8. The van der Waals surface area contributed by atoms with Gasteiger partial charge in [0.25, 0.3) is 0 Å². The van der Waals surface area contributed by atoms with Gasteiger partial charge in [0.2, 0.25) is 17.7 Å². The van der Waals surface area contributed by atoms with Crippen molar-refractivity contribution < 1.29 is 23.2 Å². The second-order valence-corrected chi connectivity index (χ2v) is 9.54. The summed E-state index contributed by atoms with van der Waals surface area (Å²) in [5.41, 5.74) is -1.15. The van der Waals surface area contributed by atoms with E-state index < -0.39 is 35.9 Å². The molecular formula is C20H27F2N5O3. The Balaban J connectivity index is 1.38. The Morgan fingerprint density at radius 1 is 1.23 bits per heavy atom. The lowest BCUT2D eigenvalue weighted by atomic mass is 10.0. The third-order valence-corrected chi connectivity index (χ3v) is 6.60. The maximum absolute atomic E-state index is 13.7. The van der Waals surface area contributed by atoms with Crippen molar-refractivity contribution in [2.24, 2.45) is 11.3 Å². The fourth-order valence-electron chi connectivity index (χ4n) is 4.15. The molecule has 2 atom stereocenters. The number of hydrogen-bond acceptors (Lipinski definition) is 4. The summed E-state index contributed by atoms with van der Waals surface area (Å²) >= 11 is 0. The molecule has 3 saturated carbocycles. The van der Waals surface area contributed by atoms with Crippen LogP contribution in [0.3, 0.4) is 0 Å². The third-order valence-electron chi connectivity index (χ3n) is 6.60. The van der Waals surface area contributed by atoms with Crippen molar-refractivity contribution in [3.63, 3.8) is 0 Å². The predicted molar refractivity (Wildman–Crippen MR) is 101 cm³/mol. The minimum Gasteiger partial charge on any atom is -0.351 e. The van der Waals surface area contributed by atoms with E-state index in [0.29, 0.717) is 32.9 Å². The number of nitrogens with zero attached hydrogens (tertiary/aromatic N) is 2. The molecule has 3 aliphatic carbocycles. The smallest absolute Gasteiger partial charge is 0.318 e. The molecule has 30 heavy (non-hydrogen) atoms. The fourth-order valence-corrected chi connectivity index (χ4v) is 4.15. The average molecular weight is 423 g/mol. The van der Waals surface area contributed by atoms with Gasteiger partial charge in [0.05, 0.1) is 12.1 Å². The number of carbonyl (C=O) groups excluding carboxylic acids is 3. The highest BCUT2D eigenvalue weighted by atomic mass is 19.3. The first-order chi connectivity index (χ1) is 14.0. The molecule has 4 aliphatic rings. The van der Waals surface area contributed by atoms with Crippen molar-refractivity contribution >= 4 is 17.8 Å². The number of amides is 4. The minimum atomic E-state index is -3.16. The Bertz CT molecular complexity index is 793. The molecule has 1 spiro atoms. The van der Waals surface area contributed by atoms with Gasteiger partial charge in [-0.05, 0) is 45.4 Å². The molecule has 1 aliphatic heterocycles. The number of urea groups is 1. The highest BCUT2D eigenvalue weighted by molar-refractivity contribution is 5.88. The first-order valence-corrected chi connectivity index (χ1v) is 10.5. The van der Waals surface area contributed by atoms with Crippen LogP contribution < -0.4 is 16.0 Å². The quantitative estimate of drug-likeness (QED) is 0.572. The zero-order chi connectivity index (χ0) is 21.7. The lowest BCUT2D eigenvalue weighted by Gasteiger charge is -2.25. The third kappa shape index (κ3) is 4.50. The van der Waals surface area contributed by atoms with E-state index in [1.165, 1.54) is 4.90 Å². The van der Waals surface area contributed by atoms with Gasteiger partial charge in [0.15, 0.2) is 0 Å². The number of nitrogens with one attached hydrogen (secondary N) is 3. The van der Waals surface area contributed by atoms with Crippen LogP contribution in [-0.2, 0) is 9.59 Å². The van der Waals surface area contributed by atoms with E-state index in [2.05, 4.69) is 16.0 Å². The molecule has 0 aromatic carbocycles. The zero-order valence-electron chi connectivity index (χ0n) is 17.0. The van der Waals surface area contributed by atoms with Gasteiger partial charge in [-0.3, -0.25) is 9.59 Å². The molecule has 4 rings (SSSR count). The summed E-state index contributed by atoms with van der Waals surface area (Å²) in [4.78, 5) is 39.0. The minimum absolute atomic E-state index is 0.0163. The van der Waals surface area contributed by atoms with Crippen molar-refractivity contribution in [2.75, 3.05) is 13.1 Å². The van der Waals surface area contributed by atoms with Gasteiger partial charge in [0, 0.05) is 30.8 Å². The van der Waals surface area contributed by atoms with Crippen molar-refractivity contribution in [1.29, 1.82) is 5.26 Å². The zero-order valence-corrected chi connectivity index (χ0v) is 17.0. The van der Waals surface area contributed by atoms with E-state index in [9.17, 15) is 23.2 Å². The summed E-state index contributed by atoms with van der Waals surface area (Å²) < 4.78 is 27.3. The van der Waals surface area contributed by atoms with Gasteiger partial charge in [-0.25, -0.2) is 13.6 Å². The van der Waals surface area contributed by atoms with Crippen LogP contribution in [0.5, 0.6) is 0 Å². The molecule has 2 unspecified atom stereocenters. The van der Waals surface area contributed by atoms with Gasteiger partial charge < -0.3 is 20.9 Å². The number of carbonyl (C=O) groups is 3. The van der Waals surface area contributed by atoms with Gasteiger partial charge >= 0.3 is 6.03 Å². The predicted octanol–water partition coefficient (Wildman–Crippen LogP) is 1.27. The fraction of sp³-hybridized carbons (Fsp3) is 0.800. The number of alkyl halides is 2. The molecule has 4 amide bonds. The number of rotatable bonds is 7. The number of nitriles is 1. The van der Waals surface area contributed by atoms with Crippen molar-refractivity contribution in [2.45, 2.75) is 75.4 Å². The second kappa shape index (κ2) is 7.06. The summed E-state index contributed by atoms with van der Waals surface area (Å²) in [5.74, 6) is -3.86. The van der Waals surface area contributed by atoms with Crippen LogP contribution in [0.4, 0.5) is 13.6 Å². The van der Waals surface area contributed by atoms with Gasteiger partial charge in [-0.15, -0.1) is 0 Å². The molecule has 4 fully saturated rings. The van der Waals surface area contributed by atoms with Crippen LogP contribution in [0, 0.1) is 22.7 Å². The first-order valence-electron chi connectivity index (χ1n) is 10.5. The molecular weight excluding hydrogens is 396 g/mol. The summed E-state index contributed by atoms with van der Waals surface area (Å²) in [6, 6.07) is -0.212. The summed E-state index contributed by atoms with van der Waals surface area (Å²) in [7, 11) is 0. The molecule has 0 aromatic heterocycles. The lowest BCUT2D eigenvalue weighted by molar-refractivity contribution is -0.126. The van der Waals surface area contributed by atoms with E-state index in [4.69, 9.17) is 5.26 Å². The summed E-state index contributed by atoms with van der Waals surface area (Å²) in [6.07, 6.45) is 3.66. The molecule has 10 heteroatoms. The summed E-state index contributed by atoms with van der Waals surface area (Å²) in [5, 5.41) is 17.1. The maximum Gasteiger partial charge on any atom is 0.318 e. The van der Waals surface area contributed by atoms with Crippen LogP contribution in [0.1, 0.15) is 51.9 Å². The SMILES string of the molecule is CC(F)(F)CC(NC(=O)N1CC(NC(=O)C2CC2)C2(CC2)C1)C(=O)NC1(C#N)CC1. The van der Waals surface area contributed by atoms with Crippen LogP contribution >= 0.6 is 0 Å². The van der Waals surface area contributed by atoms with Crippen molar-refractivity contribution in [3.8, 4) is 6.07 Å². The van der Waals surface area contributed by atoms with E-state index in [-0.39, 0.29) is 23.3 Å². The highest BCUT2D eigenvalue weighted by Gasteiger charge is 2.57. The van der Waals surface area contributed by atoms with Crippen molar-refractivity contribution in [3.05, 3.63) is 0 Å². The average Bonchev–Trinajstić information content (AvgIpc) is 3.51.